The predicted octanol–water partition coefficient (Wildman–Crippen LogP) is -0.145. The van der Waals surface area contributed by atoms with Crippen LogP contribution < -0.4 is 10.2 Å². The van der Waals surface area contributed by atoms with Crippen molar-refractivity contribution >= 4 is 17.5 Å². The number of anilines is 1. The van der Waals surface area contributed by atoms with E-state index in [1.807, 2.05) is 0 Å². The van der Waals surface area contributed by atoms with E-state index >= 15 is 0 Å². The Morgan fingerprint density at radius 2 is 1.73 bits per heavy atom. The minimum Gasteiger partial charge on any atom is -0.506 e. The van der Waals surface area contributed by atoms with Gasteiger partial charge in [-0.1, -0.05) is 12.1 Å². The van der Waals surface area contributed by atoms with Crippen LogP contribution in [-0.4, -0.2) is 30.0 Å². The second-order valence-electron chi connectivity index (χ2n) is 3.32. The van der Waals surface area contributed by atoms with E-state index in [9.17, 15) is 14.7 Å². The summed E-state index contributed by atoms with van der Waals surface area (Å²) in [5, 5.41) is 11.7. The molecule has 1 fully saturated rings. The second kappa shape index (κ2) is 3.61. The first-order valence-corrected chi connectivity index (χ1v) is 4.52. The molecule has 0 aromatic heterocycles. The second-order valence-corrected chi connectivity index (χ2v) is 3.32. The van der Waals surface area contributed by atoms with Crippen molar-refractivity contribution < 1.29 is 14.7 Å². The summed E-state index contributed by atoms with van der Waals surface area (Å²) in [7, 11) is 0. The van der Waals surface area contributed by atoms with Crippen LogP contribution >= 0.6 is 0 Å². The van der Waals surface area contributed by atoms with Gasteiger partial charge in [0.1, 0.15) is 5.75 Å². The number of aromatic hydroxyl groups is 1. The zero-order valence-electron chi connectivity index (χ0n) is 7.93. The number of nitrogens with zero attached hydrogens (tertiary/aromatic N) is 1. The van der Waals surface area contributed by atoms with Gasteiger partial charge < -0.3 is 10.0 Å². The third-order valence-corrected chi connectivity index (χ3v) is 2.17. The molecule has 0 spiro atoms. The Bertz CT molecular complexity index is 401. The fraction of sp³-hybridized carbons (Fsp3) is 0.200. The van der Waals surface area contributed by atoms with Gasteiger partial charge in [-0.3, -0.25) is 14.9 Å². The van der Waals surface area contributed by atoms with Crippen LogP contribution in [0.1, 0.15) is 0 Å². The van der Waals surface area contributed by atoms with E-state index in [-0.39, 0.29) is 30.7 Å². The number of carbonyl (C=O) groups is 2. The highest BCUT2D eigenvalue weighted by Crippen LogP contribution is 2.26. The summed E-state index contributed by atoms with van der Waals surface area (Å²) in [4.78, 5) is 23.8. The lowest BCUT2D eigenvalue weighted by molar-refractivity contribution is -0.130. The molecule has 5 heteroatoms. The van der Waals surface area contributed by atoms with Crippen molar-refractivity contribution in [2.75, 3.05) is 18.0 Å². The number of phenolic OH excluding ortho intramolecular Hbond substituents is 1. The SMILES string of the molecule is O=C1CN(c2ccccc2O)CC(=O)N1. The maximum atomic E-state index is 11.1. The summed E-state index contributed by atoms with van der Waals surface area (Å²) in [5.41, 5.74) is 0.501. The van der Waals surface area contributed by atoms with Crippen LogP contribution in [0.4, 0.5) is 5.69 Å². The molecule has 0 aliphatic carbocycles. The molecule has 0 unspecified atom stereocenters. The highest BCUT2D eigenvalue weighted by atomic mass is 16.3. The van der Waals surface area contributed by atoms with E-state index in [4.69, 9.17) is 0 Å². The van der Waals surface area contributed by atoms with E-state index in [1.165, 1.54) is 11.0 Å². The predicted molar refractivity (Wildman–Crippen MR) is 53.5 cm³/mol. The normalized spacial score (nSPS) is 16.4. The summed E-state index contributed by atoms with van der Waals surface area (Å²) in [5.74, 6) is -0.635. The van der Waals surface area contributed by atoms with Gasteiger partial charge in [0.15, 0.2) is 0 Å². The topological polar surface area (TPSA) is 69.6 Å². The van der Waals surface area contributed by atoms with Crippen molar-refractivity contribution in [2.24, 2.45) is 0 Å². The van der Waals surface area contributed by atoms with Crippen LogP contribution in [0, 0.1) is 0 Å². The zero-order chi connectivity index (χ0) is 10.8. The Labute approximate surface area is 86.3 Å². The molecule has 78 valence electrons. The van der Waals surface area contributed by atoms with E-state index in [2.05, 4.69) is 5.32 Å². The molecule has 0 bridgehead atoms. The summed E-state index contributed by atoms with van der Waals surface area (Å²) in [6, 6.07) is 6.62. The van der Waals surface area contributed by atoms with Crippen molar-refractivity contribution in [3.05, 3.63) is 24.3 Å². The fourth-order valence-corrected chi connectivity index (χ4v) is 1.54. The summed E-state index contributed by atoms with van der Waals surface area (Å²) in [6.45, 7) is 0.173. The molecule has 1 saturated heterocycles. The number of rotatable bonds is 1. The van der Waals surface area contributed by atoms with Crippen LogP contribution in [0.2, 0.25) is 0 Å². The number of carbonyl (C=O) groups excluding carboxylic acids is 2. The van der Waals surface area contributed by atoms with Crippen molar-refractivity contribution in [1.82, 2.24) is 5.32 Å². The summed E-state index contributed by atoms with van der Waals surface area (Å²) in [6.07, 6.45) is 0. The smallest absolute Gasteiger partial charge is 0.246 e. The Hall–Kier alpha value is -2.04. The lowest BCUT2D eigenvalue weighted by Crippen LogP contribution is -2.51. The fourth-order valence-electron chi connectivity index (χ4n) is 1.54. The van der Waals surface area contributed by atoms with E-state index in [0.717, 1.165) is 0 Å². The Morgan fingerprint density at radius 1 is 1.13 bits per heavy atom. The molecule has 0 saturated carbocycles. The van der Waals surface area contributed by atoms with E-state index in [0.29, 0.717) is 5.69 Å². The molecule has 5 nitrogen and oxygen atoms in total. The van der Waals surface area contributed by atoms with Gasteiger partial charge in [-0.05, 0) is 12.1 Å². The molecule has 1 aromatic carbocycles. The monoisotopic (exact) mass is 206 g/mol. The molecule has 0 radical (unpaired) electrons. The molecule has 2 amide bonds. The maximum absolute atomic E-state index is 11.1. The van der Waals surface area contributed by atoms with E-state index in [1.54, 1.807) is 18.2 Å². The first kappa shape index (κ1) is 9.51. The highest BCUT2D eigenvalue weighted by molar-refractivity contribution is 6.02. The number of nitrogens with one attached hydrogen (secondary N) is 1. The number of para-hydroxylation sites is 2. The third-order valence-electron chi connectivity index (χ3n) is 2.17. The first-order valence-electron chi connectivity index (χ1n) is 4.52. The highest BCUT2D eigenvalue weighted by Gasteiger charge is 2.23. The average Bonchev–Trinajstić information content (AvgIpc) is 2.16. The van der Waals surface area contributed by atoms with Gasteiger partial charge in [0, 0.05) is 0 Å². The number of hydrogen-bond donors (Lipinski definition) is 2. The van der Waals surface area contributed by atoms with Crippen molar-refractivity contribution in [3.8, 4) is 5.75 Å². The van der Waals surface area contributed by atoms with Crippen molar-refractivity contribution in [3.63, 3.8) is 0 Å². The molecule has 2 N–H and O–H groups in total. The minimum atomic E-state index is -0.352. The molecular weight excluding hydrogens is 196 g/mol. The molecule has 1 aliphatic heterocycles. The number of phenols is 1. The number of benzene rings is 1. The summed E-state index contributed by atoms with van der Waals surface area (Å²) < 4.78 is 0. The molecule has 1 aliphatic rings. The van der Waals surface area contributed by atoms with Crippen LogP contribution in [0.15, 0.2) is 24.3 Å². The summed E-state index contributed by atoms with van der Waals surface area (Å²) >= 11 is 0. The zero-order valence-corrected chi connectivity index (χ0v) is 7.93. The number of hydrogen-bond acceptors (Lipinski definition) is 4. The van der Waals surface area contributed by atoms with Gasteiger partial charge in [0.05, 0.1) is 18.8 Å². The molecule has 2 rings (SSSR count). The minimum absolute atomic E-state index is 0.0694. The van der Waals surface area contributed by atoms with Gasteiger partial charge in [0.25, 0.3) is 0 Å². The lowest BCUT2D eigenvalue weighted by atomic mass is 10.2. The number of amides is 2. The lowest BCUT2D eigenvalue weighted by Gasteiger charge is -2.27. The number of imide groups is 1. The van der Waals surface area contributed by atoms with Gasteiger partial charge in [0.2, 0.25) is 11.8 Å². The quantitative estimate of drug-likeness (QED) is 0.627. The first-order chi connectivity index (χ1) is 7.16. The van der Waals surface area contributed by atoms with Crippen LogP contribution in [0.3, 0.4) is 0 Å². The maximum Gasteiger partial charge on any atom is 0.246 e. The van der Waals surface area contributed by atoms with Crippen molar-refractivity contribution in [1.29, 1.82) is 0 Å². The van der Waals surface area contributed by atoms with Crippen LogP contribution in [0.5, 0.6) is 5.75 Å². The Morgan fingerprint density at radius 3 is 2.33 bits per heavy atom. The molecule has 1 aromatic rings. The van der Waals surface area contributed by atoms with Crippen LogP contribution in [0.25, 0.3) is 0 Å². The molecular formula is C10H10N2O3. The Kier molecular flexibility index (Phi) is 2.29. The van der Waals surface area contributed by atoms with Gasteiger partial charge in [-0.25, -0.2) is 0 Å². The third kappa shape index (κ3) is 1.90. The molecule has 0 atom stereocenters. The largest absolute Gasteiger partial charge is 0.506 e. The van der Waals surface area contributed by atoms with Crippen LogP contribution in [-0.2, 0) is 9.59 Å². The van der Waals surface area contributed by atoms with Gasteiger partial charge in [-0.15, -0.1) is 0 Å². The standard InChI is InChI=1S/C10H10N2O3/c13-8-4-2-1-3-7(8)12-5-9(14)11-10(15)6-12/h1-4,13H,5-6H2,(H,11,14,15). The average molecular weight is 206 g/mol. The van der Waals surface area contributed by atoms with Gasteiger partial charge >= 0.3 is 0 Å². The van der Waals surface area contributed by atoms with Crippen molar-refractivity contribution in [2.45, 2.75) is 0 Å². The van der Waals surface area contributed by atoms with Gasteiger partial charge in [-0.2, -0.15) is 0 Å². The number of piperazine rings is 1. The van der Waals surface area contributed by atoms with E-state index < -0.39 is 0 Å². The Balaban J connectivity index is 2.27. The molecule has 1 heterocycles. The molecule has 15 heavy (non-hydrogen) atoms.